The highest BCUT2D eigenvalue weighted by atomic mass is 16.5. The van der Waals surface area contributed by atoms with Gasteiger partial charge in [0.2, 0.25) is 5.91 Å². The van der Waals surface area contributed by atoms with E-state index in [9.17, 15) is 9.59 Å². The lowest BCUT2D eigenvalue weighted by atomic mass is 9.98. The van der Waals surface area contributed by atoms with Gasteiger partial charge in [0.1, 0.15) is 6.61 Å². The van der Waals surface area contributed by atoms with E-state index in [0.717, 1.165) is 6.42 Å². The molecular weight excluding hydrogens is 210 g/mol. The summed E-state index contributed by atoms with van der Waals surface area (Å²) in [7, 11) is 0. The minimum absolute atomic E-state index is 0.00163. The van der Waals surface area contributed by atoms with Crippen LogP contribution in [0.2, 0.25) is 0 Å². The number of amides is 1. The molecule has 1 heterocycles. The number of ether oxygens (including phenoxy) is 1. The second kappa shape index (κ2) is 6.27. The third-order valence-corrected chi connectivity index (χ3v) is 2.58. The van der Waals surface area contributed by atoms with E-state index in [1.807, 2.05) is 0 Å². The molecule has 0 aromatic heterocycles. The normalized spacial score (nSPS) is 20.5. The molecule has 0 spiro atoms. The molecule has 1 saturated heterocycles. The number of carboxylic acids is 1. The molecule has 1 aliphatic rings. The van der Waals surface area contributed by atoms with Crippen molar-refractivity contribution < 1.29 is 19.4 Å². The van der Waals surface area contributed by atoms with Gasteiger partial charge in [-0.25, -0.2) is 0 Å². The quantitative estimate of drug-likeness (QED) is 0.549. The number of likely N-dealkylation sites (tertiary alicyclic amines) is 1. The van der Waals surface area contributed by atoms with Gasteiger partial charge in [0.25, 0.3) is 0 Å². The summed E-state index contributed by atoms with van der Waals surface area (Å²) in [6.45, 7) is 4.73. The Labute approximate surface area is 94.7 Å². The monoisotopic (exact) mass is 227 g/mol. The summed E-state index contributed by atoms with van der Waals surface area (Å²) in [4.78, 5) is 24.0. The fourth-order valence-corrected chi connectivity index (χ4v) is 1.73. The Morgan fingerprint density at radius 2 is 2.31 bits per heavy atom. The summed E-state index contributed by atoms with van der Waals surface area (Å²) in [5.41, 5.74) is 0. The summed E-state index contributed by atoms with van der Waals surface area (Å²) in [6.07, 6.45) is 2.96. The molecule has 0 aromatic carbocycles. The molecule has 0 radical (unpaired) electrons. The molecule has 5 heteroatoms. The van der Waals surface area contributed by atoms with Crippen LogP contribution in [0.4, 0.5) is 0 Å². The van der Waals surface area contributed by atoms with Gasteiger partial charge in [-0.15, -0.1) is 6.58 Å². The van der Waals surface area contributed by atoms with Gasteiger partial charge in [-0.05, 0) is 12.8 Å². The highest BCUT2D eigenvalue weighted by Gasteiger charge is 2.27. The van der Waals surface area contributed by atoms with Crippen molar-refractivity contribution in [3.8, 4) is 0 Å². The third kappa shape index (κ3) is 3.66. The largest absolute Gasteiger partial charge is 0.481 e. The maximum Gasteiger partial charge on any atom is 0.308 e. The number of rotatable bonds is 5. The maximum atomic E-state index is 11.6. The topological polar surface area (TPSA) is 66.8 Å². The average molecular weight is 227 g/mol. The van der Waals surface area contributed by atoms with Crippen LogP contribution in [0.3, 0.4) is 0 Å². The van der Waals surface area contributed by atoms with Crippen LogP contribution in [0.1, 0.15) is 12.8 Å². The van der Waals surface area contributed by atoms with Crippen molar-refractivity contribution in [2.75, 3.05) is 26.3 Å². The second-order valence-corrected chi connectivity index (χ2v) is 3.82. The SMILES string of the molecule is C=CCOCC(=O)N1CCCC(C(=O)O)C1. The molecule has 1 rings (SSSR count). The molecule has 1 atom stereocenters. The predicted molar refractivity (Wildman–Crippen MR) is 58.0 cm³/mol. The number of carbonyl (C=O) groups is 2. The molecule has 0 saturated carbocycles. The van der Waals surface area contributed by atoms with Gasteiger partial charge in [-0.3, -0.25) is 9.59 Å². The van der Waals surface area contributed by atoms with Gasteiger partial charge in [-0.2, -0.15) is 0 Å². The van der Waals surface area contributed by atoms with Crippen LogP contribution in [0.25, 0.3) is 0 Å². The van der Waals surface area contributed by atoms with E-state index >= 15 is 0 Å². The van der Waals surface area contributed by atoms with Gasteiger partial charge in [0, 0.05) is 13.1 Å². The number of aliphatic carboxylic acids is 1. The Morgan fingerprint density at radius 1 is 1.56 bits per heavy atom. The van der Waals surface area contributed by atoms with Crippen LogP contribution in [-0.2, 0) is 14.3 Å². The molecule has 90 valence electrons. The van der Waals surface area contributed by atoms with Crippen molar-refractivity contribution in [2.24, 2.45) is 5.92 Å². The molecule has 0 bridgehead atoms. The van der Waals surface area contributed by atoms with Gasteiger partial charge in [0.05, 0.1) is 12.5 Å². The van der Waals surface area contributed by atoms with Crippen molar-refractivity contribution in [2.45, 2.75) is 12.8 Å². The lowest BCUT2D eigenvalue weighted by Crippen LogP contribution is -2.43. The fraction of sp³-hybridized carbons (Fsp3) is 0.636. The number of hydrogen-bond donors (Lipinski definition) is 1. The van der Waals surface area contributed by atoms with Crippen molar-refractivity contribution in [1.82, 2.24) is 4.90 Å². The number of carboxylic acid groups (broad SMARTS) is 1. The van der Waals surface area contributed by atoms with Gasteiger partial charge < -0.3 is 14.7 Å². The smallest absolute Gasteiger partial charge is 0.308 e. The molecule has 16 heavy (non-hydrogen) atoms. The number of piperidine rings is 1. The Balaban J connectivity index is 2.37. The van der Waals surface area contributed by atoms with Crippen LogP contribution >= 0.6 is 0 Å². The highest BCUT2D eigenvalue weighted by Crippen LogP contribution is 2.16. The molecule has 1 unspecified atom stereocenters. The predicted octanol–water partition coefficient (Wildman–Crippen LogP) is 0.512. The van der Waals surface area contributed by atoms with E-state index in [-0.39, 0.29) is 12.5 Å². The molecule has 0 aliphatic carbocycles. The standard InChI is InChI=1S/C11H17NO4/c1-2-6-16-8-10(13)12-5-3-4-9(7-12)11(14)15/h2,9H,1,3-8H2,(H,14,15). The first-order chi connectivity index (χ1) is 7.65. The van der Waals surface area contributed by atoms with Crippen LogP contribution in [-0.4, -0.2) is 48.2 Å². The zero-order chi connectivity index (χ0) is 12.0. The molecule has 5 nitrogen and oxygen atoms in total. The first kappa shape index (κ1) is 12.7. The minimum atomic E-state index is -0.829. The lowest BCUT2D eigenvalue weighted by Gasteiger charge is -2.30. The molecular formula is C11H17NO4. The first-order valence-electron chi connectivity index (χ1n) is 5.34. The van der Waals surface area contributed by atoms with Crippen LogP contribution in [0.15, 0.2) is 12.7 Å². The zero-order valence-electron chi connectivity index (χ0n) is 9.22. The minimum Gasteiger partial charge on any atom is -0.481 e. The first-order valence-corrected chi connectivity index (χ1v) is 5.34. The summed E-state index contributed by atoms with van der Waals surface area (Å²) in [5.74, 6) is -1.41. The molecule has 1 amide bonds. The second-order valence-electron chi connectivity index (χ2n) is 3.82. The summed E-state index contributed by atoms with van der Waals surface area (Å²) >= 11 is 0. The lowest BCUT2D eigenvalue weighted by molar-refractivity contribution is -0.146. The van der Waals surface area contributed by atoms with Crippen molar-refractivity contribution in [3.63, 3.8) is 0 Å². The average Bonchev–Trinajstić information content (AvgIpc) is 2.29. The van der Waals surface area contributed by atoms with E-state index in [2.05, 4.69) is 6.58 Å². The van der Waals surface area contributed by atoms with Crippen molar-refractivity contribution in [3.05, 3.63) is 12.7 Å². The number of hydrogen-bond acceptors (Lipinski definition) is 3. The Morgan fingerprint density at radius 3 is 2.94 bits per heavy atom. The van der Waals surface area contributed by atoms with E-state index < -0.39 is 11.9 Å². The Kier molecular flexibility index (Phi) is 4.98. The Bertz CT molecular complexity index is 277. The van der Waals surface area contributed by atoms with E-state index in [1.54, 1.807) is 11.0 Å². The van der Waals surface area contributed by atoms with Gasteiger partial charge >= 0.3 is 5.97 Å². The van der Waals surface area contributed by atoms with Crippen molar-refractivity contribution in [1.29, 1.82) is 0 Å². The van der Waals surface area contributed by atoms with Crippen LogP contribution in [0, 0.1) is 5.92 Å². The molecule has 0 aromatic rings. The van der Waals surface area contributed by atoms with Crippen LogP contribution < -0.4 is 0 Å². The summed E-state index contributed by atoms with van der Waals surface area (Å²) in [5, 5.41) is 8.87. The maximum absolute atomic E-state index is 11.6. The summed E-state index contributed by atoms with van der Waals surface area (Å²) < 4.78 is 5.04. The van der Waals surface area contributed by atoms with Crippen LogP contribution in [0.5, 0.6) is 0 Å². The zero-order valence-corrected chi connectivity index (χ0v) is 9.22. The highest BCUT2D eigenvalue weighted by molar-refractivity contribution is 5.79. The Hall–Kier alpha value is -1.36. The van der Waals surface area contributed by atoms with E-state index in [4.69, 9.17) is 9.84 Å². The third-order valence-electron chi connectivity index (χ3n) is 2.58. The van der Waals surface area contributed by atoms with Crippen molar-refractivity contribution >= 4 is 11.9 Å². The molecule has 1 aliphatic heterocycles. The molecule has 1 N–H and O–H groups in total. The van der Waals surface area contributed by atoms with E-state index in [1.165, 1.54) is 0 Å². The van der Waals surface area contributed by atoms with Gasteiger partial charge in [-0.1, -0.05) is 6.08 Å². The van der Waals surface area contributed by atoms with E-state index in [0.29, 0.717) is 26.1 Å². The molecule has 1 fully saturated rings. The number of carbonyl (C=O) groups excluding carboxylic acids is 1. The number of nitrogens with zero attached hydrogens (tertiary/aromatic N) is 1. The van der Waals surface area contributed by atoms with Gasteiger partial charge in [0.15, 0.2) is 0 Å². The fourth-order valence-electron chi connectivity index (χ4n) is 1.73. The summed E-state index contributed by atoms with van der Waals surface area (Å²) in [6, 6.07) is 0.